The summed E-state index contributed by atoms with van der Waals surface area (Å²) in [5.41, 5.74) is 2.43. The van der Waals surface area contributed by atoms with E-state index in [1.54, 1.807) is 14.2 Å². The van der Waals surface area contributed by atoms with Gasteiger partial charge in [-0.3, -0.25) is 0 Å². The molecule has 4 nitrogen and oxygen atoms in total. The second kappa shape index (κ2) is 14.8. The van der Waals surface area contributed by atoms with Gasteiger partial charge in [-0.1, -0.05) is 61.0 Å². The molecule has 0 unspecified atom stereocenters. The fraction of sp³-hybridized carbons (Fsp3) is 0.583. The summed E-state index contributed by atoms with van der Waals surface area (Å²) in [7, 11) is 3.34. The average Bonchev–Trinajstić information content (AvgIpc) is 2.71. The van der Waals surface area contributed by atoms with E-state index in [4.69, 9.17) is 18.9 Å². The van der Waals surface area contributed by atoms with Crippen molar-refractivity contribution in [2.24, 2.45) is 11.8 Å². The molecule has 0 radical (unpaired) electrons. The molecule has 0 aliphatic heterocycles. The fourth-order valence-corrected chi connectivity index (χ4v) is 3.72. The lowest BCUT2D eigenvalue weighted by Crippen LogP contribution is -2.30. The van der Waals surface area contributed by atoms with Gasteiger partial charge in [0, 0.05) is 18.9 Å². The maximum Gasteiger partial charge on any atom is 0.146 e. The van der Waals surface area contributed by atoms with Crippen molar-refractivity contribution in [2.45, 2.75) is 53.2 Å². The van der Waals surface area contributed by atoms with Crippen LogP contribution in [0.15, 0.2) is 46.5 Å². The van der Waals surface area contributed by atoms with Crippen LogP contribution in [0, 0.1) is 11.8 Å². The molecule has 0 heterocycles. The zero-order chi connectivity index (χ0) is 21.6. The van der Waals surface area contributed by atoms with Crippen molar-refractivity contribution in [3.63, 3.8) is 0 Å². The zero-order valence-electron chi connectivity index (χ0n) is 18.7. The third kappa shape index (κ3) is 9.94. The second-order valence-corrected chi connectivity index (χ2v) is 8.49. The smallest absolute Gasteiger partial charge is 0.146 e. The van der Waals surface area contributed by atoms with E-state index >= 15 is 0 Å². The summed E-state index contributed by atoms with van der Waals surface area (Å²) in [6.07, 6.45) is 6.54. The molecule has 0 aliphatic carbocycles. The molecule has 164 valence electrons. The maximum absolute atomic E-state index is 6.06. The van der Waals surface area contributed by atoms with Crippen LogP contribution in [0.5, 0.6) is 5.75 Å². The summed E-state index contributed by atoms with van der Waals surface area (Å²) in [6.45, 7) is 10.1. The van der Waals surface area contributed by atoms with Gasteiger partial charge in [-0.15, -0.1) is 0 Å². The Balaban J connectivity index is 2.79. The highest BCUT2D eigenvalue weighted by Crippen LogP contribution is 2.26. The Morgan fingerprint density at radius 2 is 1.79 bits per heavy atom. The van der Waals surface area contributed by atoms with Crippen LogP contribution in [-0.2, 0) is 20.8 Å². The Bertz CT molecular complexity index is 620. The largest absolute Gasteiger partial charge is 0.497 e. The standard InChI is InChI=1S/C24H37BrO4/c1-7-20(15-28-16-21-9-11-23(27-6)12-10-21)14-22(8-2)24(29-17-26-5)18(3)13-19(4)25/h9-14,18,22,24H,7-8,15-17H2,1-6H3/b19-13+,20-14+/t18-,22-,24-/m0/s1. The van der Waals surface area contributed by atoms with Crippen molar-refractivity contribution in [1.29, 1.82) is 0 Å². The third-order valence-electron chi connectivity index (χ3n) is 4.90. The predicted octanol–water partition coefficient (Wildman–Crippen LogP) is 6.50. The van der Waals surface area contributed by atoms with Gasteiger partial charge in [0.1, 0.15) is 12.5 Å². The van der Waals surface area contributed by atoms with E-state index < -0.39 is 0 Å². The Hall–Kier alpha value is -1.14. The minimum atomic E-state index is 0.0515. The van der Waals surface area contributed by atoms with Gasteiger partial charge >= 0.3 is 0 Å². The molecule has 0 saturated heterocycles. The van der Waals surface area contributed by atoms with Gasteiger partial charge in [-0.25, -0.2) is 0 Å². The van der Waals surface area contributed by atoms with E-state index in [0.717, 1.165) is 28.6 Å². The number of rotatable bonds is 14. The molecule has 0 aliphatic rings. The van der Waals surface area contributed by atoms with Gasteiger partial charge in [-0.2, -0.15) is 0 Å². The van der Waals surface area contributed by atoms with Gasteiger partial charge in [0.25, 0.3) is 0 Å². The van der Waals surface area contributed by atoms with Crippen molar-refractivity contribution in [3.8, 4) is 5.75 Å². The van der Waals surface area contributed by atoms with Crippen molar-refractivity contribution in [1.82, 2.24) is 0 Å². The number of methoxy groups -OCH3 is 2. The van der Waals surface area contributed by atoms with Gasteiger partial charge in [0.15, 0.2) is 0 Å². The van der Waals surface area contributed by atoms with Crippen LogP contribution in [0.4, 0.5) is 0 Å². The predicted molar refractivity (Wildman–Crippen MR) is 123 cm³/mol. The first kappa shape index (κ1) is 25.9. The SMILES string of the molecule is CC/C(=C\[C@H](CC)[C@@H](OCOC)[C@@H](C)/C=C(\C)Br)COCc1ccc(OC)cc1. The number of halogens is 1. The molecular weight excluding hydrogens is 432 g/mol. The van der Waals surface area contributed by atoms with Crippen LogP contribution in [0.25, 0.3) is 0 Å². The monoisotopic (exact) mass is 468 g/mol. The Labute approximate surface area is 185 Å². The van der Waals surface area contributed by atoms with Crippen LogP contribution in [0.3, 0.4) is 0 Å². The number of ether oxygens (including phenoxy) is 4. The molecule has 5 heteroatoms. The van der Waals surface area contributed by atoms with Crippen molar-refractivity contribution in [3.05, 3.63) is 52.0 Å². The first-order valence-corrected chi connectivity index (χ1v) is 11.1. The molecule has 1 aromatic rings. The van der Waals surface area contributed by atoms with Gasteiger partial charge in [0.05, 0.1) is 26.4 Å². The first-order valence-electron chi connectivity index (χ1n) is 10.3. The molecule has 1 aromatic carbocycles. The van der Waals surface area contributed by atoms with E-state index in [2.05, 4.69) is 48.9 Å². The van der Waals surface area contributed by atoms with Crippen LogP contribution < -0.4 is 4.74 Å². The maximum atomic E-state index is 6.06. The van der Waals surface area contributed by atoms with Crippen LogP contribution in [-0.4, -0.2) is 33.7 Å². The Morgan fingerprint density at radius 1 is 1.10 bits per heavy atom. The minimum Gasteiger partial charge on any atom is -0.497 e. The Morgan fingerprint density at radius 3 is 2.31 bits per heavy atom. The van der Waals surface area contributed by atoms with Crippen LogP contribution in [0.2, 0.25) is 0 Å². The van der Waals surface area contributed by atoms with Crippen LogP contribution >= 0.6 is 15.9 Å². The highest BCUT2D eigenvalue weighted by molar-refractivity contribution is 9.11. The summed E-state index contributed by atoms with van der Waals surface area (Å²) in [4.78, 5) is 0. The topological polar surface area (TPSA) is 36.9 Å². The van der Waals surface area contributed by atoms with Crippen molar-refractivity contribution < 1.29 is 18.9 Å². The zero-order valence-corrected chi connectivity index (χ0v) is 20.3. The Kier molecular flexibility index (Phi) is 13.2. The minimum absolute atomic E-state index is 0.0515. The number of hydrogen-bond acceptors (Lipinski definition) is 4. The second-order valence-electron chi connectivity index (χ2n) is 7.24. The molecule has 3 atom stereocenters. The van der Waals surface area contributed by atoms with Crippen molar-refractivity contribution >= 4 is 15.9 Å². The van der Waals surface area contributed by atoms with Gasteiger partial charge in [0.2, 0.25) is 0 Å². The van der Waals surface area contributed by atoms with E-state index in [9.17, 15) is 0 Å². The molecule has 0 N–H and O–H groups in total. The molecule has 0 bridgehead atoms. The molecule has 1 rings (SSSR count). The van der Waals surface area contributed by atoms with E-state index in [1.807, 2.05) is 31.2 Å². The number of allylic oxidation sites excluding steroid dienone is 1. The summed E-state index contributed by atoms with van der Waals surface area (Å²) >= 11 is 3.54. The molecule has 29 heavy (non-hydrogen) atoms. The summed E-state index contributed by atoms with van der Waals surface area (Å²) in [5, 5.41) is 0. The van der Waals surface area contributed by atoms with Crippen molar-refractivity contribution in [2.75, 3.05) is 27.6 Å². The van der Waals surface area contributed by atoms with Crippen LogP contribution in [0.1, 0.15) is 46.1 Å². The molecule has 0 saturated carbocycles. The molecule has 0 spiro atoms. The first-order chi connectivity index (χ1) is 13.9. The van der Waals surface area contributed by atoms with Gasteiger partial charge < -0.3 is 18.9 Å². The van der Waals surface area contributed by atoms with Gasteiger partial charge in [-0.05, 0) is 47.5 Å². The summed E-state index contributed by atoms with van der Waals surface area (Å²) in [6, 6.07) is 7.99. The lowest BCUT2D eigenvalue weighted by atomic mass is 9.87. The molecule has 0 amide bonds. The average molecular weight is 469 g/mol. The lowest BCUT2D eigenvalue weighted by molar-refractivity contribution is -0.0975. The fourth-order valence-electron chi connectivity index (χ4n) is 3.31. The van der Waals surface area contributed by atoms with E-state index in [-0.39, 0.29) is 12.0 Å². The molecule has 0 aromatic heterocycles. The highest BCUT2D eigenvalue weighted by Gasteiger charge is 2.24. The normalized spacial score (nSPS) is 15.8. The number of benzene rings is 1. The third-order valence-corrected chi connectivity index (χ3v) is 5.17. The van der Waals surface area contributed by atoms with E-state index in [0.29, 0.717) is 25.9 Å². The molecule has 0 fully saturated rings. The quantitative estimate of drug-likeness (QED) is 0.230. The van der Waals surface area contributed by atoms with E-state index in [1.165, 1.54) is 5.57 Å². The highest BCUT2D eigenvalue weighted by atomic mass is 79.9. The lowest BCUT2D eigenvalue weighted by Gasteiger charge is -2.29. The summed E-state index contributed by atoms with van der Waals surface area (Å²) in [5.74, 6) is 1.42. The number of hydrogen-bond donors (Lipinski definition) is 0. The summed E-state index contributed by atoms with van der Waals surface area (Å²) < 4.78 is 23.5. The molecular formula is C24H37BrO4.